The lowest BCUT2D eigenvalue weighted by Gasteiger charge is -2.19. The average Bonchev–Trinajstić information content (AvgIpc) is 2.58. The zero-order chi connectivity index (χ0) is 13.3. The maximum absolute atomic E-state index is 12.2. The first-order valence-corrected chi connectivity index (χ1v) is 6.39. The molecule has 1 aliphatic heterocycles. The van der Waals surface area contributed by atoms with Crippen molar-refractivity contribution in [2.75, 3.05) is 24.2 Å². The summed E-state index contributed by atoms with van der Waals surface area (Å²) in [7, 11) is 1.88. The minimum Gasteiger partial charge on any atom is -0.399 e. The Morgan fingerprint density at radius 3 is 2.50 bits per heavy atom. The van der Waals surface area contributed by atoms with Gasteiger partial charge in [0.15, 0.2) is 0 Å². The van der Waals surface area contributed by atoms with Gasteiger partial charge in [-0.3, -0.25) is 4.90 Å². The van der Waals surface area contributed by atoms with Crippen LogP contribution in [-0.4, -0.2) is 30.6 Å². The molecule has 0 aliphatic carbocycles. The number of hydrogen-bond donors (Lipinski definition) is 1. The first-order valence-electron chi connectivity index (χ1n) is 6.39. The second-order valence-corrected chi connectivity index (χ2v) is 5.38. The van der Waals surface area contributed by atoms with Crippen LogP contribution in [0.2, 0.25) is 0 Å². The maximum Gasteiger partial charge on any atom is 0.324 e. The van der Waals surface area contributed by atoms with Gasteiger partial charge in [-0.1, -0.05) is 13.8 Å². The van der Waals surface area contributed by atoms with Crippen LogP contribution in [0.15, 0.2) is 24.3 Å². The van der Waals surface area contributed by atoms with Gasteiger partial charge in [-0.2, -0.15) is 0 Å². The standard InChI is InChI=1S/C14H21N3O/c1-10(2)8-13-9-17(14(18)16(13)3)12-6-4-11(15)5-7-12/h4-7,10,13H,8-9,15H2,1-3H3. The minimum atomic E-state index is 0.0745. The molecule has 2 rings (SSSR count). The molecule has 0 saturated carbocycles. The Hall–Kier alpha value is -1.71. The Kier molecular flexibility index (Phi) is 3.45. The molecule has 0 bridgehead atoms. The van der Waals surface area contributed by atoms with Crippen LogP contribution in [0.4, 0.5) is 16.2 Å². The maximum atomic E-state index is 12.2. The number of urea groups is 1. The van der Waals surface area contributed by atoms with Gasteiger partial charge in [-0.15, -0.1) is 0 Å². The molecule has 1 unspecified atom stereocenters. The van der Waals surface area contributed by atoms with E-state index in [4.69, 9.17) is 5.73 Å². The fraction of sp³-hybridized carbons (Fsp3) is 0.500. The van der Waals surface area contributed by atoms with Crippen LogP contribution in [-0.2, 0) is 0 Å². The summed E-state index contributed by atoms with van der Waals surface area (Å²) in [5.74, 6) is 0.594. The van der Waals surface area contributed by atoms with Crippen molar-refractivity contribution in [3.63, 3.8) is 0 Å². The number of nitrogen functional groups attached to an aromatic ring is 1. The Bertz CT molecular complexity index is 427. The topological polar surface area (TPSA) is 49.6 Å². The third-order valence-corrected chi connectivity index (χ3v) is 3.42. The smallest absolute Gasteiger partial charge is 0.324 e. The van der Waals surface area contributed by atoms with Crippen LogP contribution in [0.1, 0.15) is 20.3 Å². The lowest BCUT2D eigenvalue weighted by molar-refractivity contribution is 0.213. The lowest BCUT2D eigenvalue weighted by Crippen LogP contribution is -2.31. The van der Waals surface area contributed by atoms with Gasteiger partial charge in [0.05, 0.1) is 6.04 Å². The predicted molar refractivity (Wildman–Crippen MR) is 74.6 cm³/mol. The van der Waals surface area contributed by atoms with Gasteiger partial charge in [0.25, 0.3) is 0 Å². The molecule has 0 radical (unpaired) electrons. The van der Waals surface area contributed by atoms with Gasteiger partial charge < -0.3 is 10.6 Å². The number of anilines is 2. The quantitative estimate of drug-likeness (QED) is 0.834. The van der Waals surface area contributed by atoms with Crippen molar-refractivity contribution in [1.82, 2.24) is 4.90 Å². The number of amides is 2. The molecule has 4 heteroatoms. The fourth-order valence-corrected chi connectivity index (χ4v) is 2.40. The van der Waals surface area contributed by atoms with E-state index in [1.165, 1.54) is 0 Å². The first kappa shape index (κ1) is 12.7. The number of likely N-dealkylation sites (N-methyl/N-ethyl adjacent to an activating group) is 1. The third-order valence-electron chi connectivity index (χ3n) is 3.42. The van der Waals surface area contributed by atoms with Crippen molar-refractivity contribution in [2.24, 2.45) is 5.92 Å². The summed E-state index contributed by atoms with van der Waals surface area (Å²) < 4.78 is 0. The van der Waals surface area contributed by atoms with Crippen LogP contribution in [0.3, 0.4) is 0 Å². The van der Waals surface area contributed by atoms with E-state index in [1.807, 2.05) is 41.1 Å². The van der Waals surface area contributed by atoms with Crippen LogP contribution in [0.5, 0.6) is 0 Å². The van der Waals surface area contributed by atoms with E-state index in [1.54, 1.807) is 0 Å². The molecule has 0 aromatic heterocycles. The molecule has 1 heterocycles. The van der Waals surface area contributed by atoms with E-state index in [9.17, 15) is 4.79 Å². The van der Waals surface area contributed by atoms with Gasteiger partial charge >= 0.3 is 6.03 Å². The van der Waals surface area contributed by atoms with Gasteiger partial charge in [0, 0.05) is 25.0 Å². The van der Waals surface area contributed by atoms with Crippen LogP contribution in [0, 0.1) is 5.92 Å². The molecule has 0 spiro atoms. The van der Waals surface area contributed by atoms with E-state index in [-0.39, 0.29) is 6.03 Å². The molecule has 98 valence electrons. The Labute approximate surface area is 108 Å². The van der Waals surface area contributed by atoms with E-state index in [0.717, 1.165) is 24.3 Å². The minimum absolute atomic E-state index is 0.0745. The molecular formula is C14H21N3O. The zero-order valence-corrected chi connectivity index (χ0v) is 11.3. The van der Waals surface area contributed by atoms with Crippen molar-refractivity contribution < 1.29 is 4.79 Å². The highest BCUT2D eigenvalue weighted by atomic mass is 16.2. The van der Waals surface area contributed by atoms with Gasteiger partial charge in [0.2, 0.25) is 0 Å². The molecule has 1 atom stereocenters. The molecule has 1 saturated heterocycles. The summed E-state index contributed by atoms with van der Waals surface area (Å²) in [6.07, 6.45) is 1.04. The zero-order valence-electron chi connectivity index (χ0n) is 11.3. The number of benzene rings is 1. The molecule has 18 heavy (non-hydrogen) atoms. The van der Waals surface area contributed by atoms with Crippen molar-refractivity contribution in [3.05, 3.63) is 24.3 Å². The number of rotatable bonds is 3. The number of carbonyl (C=O) groups is 1. The van der Waals surface area contributed by atoms with Crippen molar-refractivity contribution in [1.29, 1.82) is 0 Å². The molecule has 1 aromatic carbocycles. The SMILES string of the molecule is CC(C)CC1CN(c2ccc(N)cc2)C(=O)N1C. The largest absolute Gasteiger partial charge is 0.399 e. The molecule has 4 nitrogen and oxygen atoms in total. The summed E-state index contributed by atoms with van der Waals surface area (Å²) in [6, 6.07) is 7.84. The summed E-state index contributed by atoms with van der Waals surface area (Å²) in [5, 5.41) is 0. The van der Waals surface area contributed by atoms with Crippen molar-refractivity contribution >= 4 is 17.4 Å². The number of nitrogens with zero attached hydrogens (tertiary/aromatic N) is 2. The van der Waals surface area contributed by atoms with Crippen LogP contribution in [0.25, 0.3) is 0 Å². The van der Waals surface area contributed by atoms with Gasteiger partial charge in [0.1, 0.15) is 0 Å². The highest BCUT2D eigenvalue weighted by molar-refractivity contribution is 5.94. The predicted octanol–water partition coefficient (Wildman–Crippen LogP) is 2.56. The molecular weight excluding hydrogens is 226 g/mol. The van der Waals surface area contributed by atoms with E-state index >= 15 is 0 Å². The van der Waals surface area contributed by atoms with Crippen molar-refractivity contribution in [3.8, 4) is 0 Å². The fourth-order valence-electron chi connectivity index (χ4n) is 2.40. The second kappa shape index (κ2) is 4.88. The van der Waals surface area contributed by atoms with Crippen molar-refractivity contribution in [2.45, 2.75) is 26.3 Å². The van der Waals surface area contributed by atoms with E-state index in [0.29, 0.717) is 12.0 Å². The number of carbonyl (C=O) groups excluding carboxylic acids is 1. The average molecular weight is 247 g/mol. The van der Waals surface area contributed by atoms with Crippen LogP contribution < -0.4 is 10.6 Å². The summed E-state index contributed by atoms with van der Waals surface area (Å²) in [4.78, 5) is 15.9. The normalized spacial score (nSPS) is 20.0. The molecule has 2 amide bonds. The Morgan fingerprint density at radius 1 is 1.33 bits per heavy atom. The number of hydrogen-bond acceptors (Lipinski definition) is 2. The second-order valence-electron chi connectivity index (χ2n) is 5.38. The monoisotopic (exact) mass is 247 g/mol. The van der Waals surface area contributed by atoms with E-state index in [2.05, 4.69) is 13.8 Å². The van der Waals surface area contributed by atoms with Gasteiger partial charge in [-0.05, 0) is 36.6 Å². The summed E-state index contributed by atoms with van der Waals surface area (Å²) in [6.45, 7) is 5.13. The molecule has 1 aliphatic rings. The molecule has 1 aromatic rings. The molecule has 2 N–H and O–H groups in total. The summed E-state index contributed by atoms with van der Waals surface area (Å²) >= 11 is 0. The first-order chi connectivity index (χ1) is 8.49. The molecule has 1 fully saturated rings. The summed E-state index contributed by atoms with van der Waals surface area (Å²) in [5.41, 5.74) is 7.31. The Balaban J connectivity index is 2.15. The highest BCUT2D eigenvalue weighted by Gasteiger charge is 2.35. The van der Waals surface area contributed by atoms with Crippen LogP contribution >= 0.6 is 0 Å². The van der Waals surface area contributed by atoms with E-state index < -0.39 is 0 Å². The highest BCUT2D eigenvalue weighted by Crippen LogP contribution is 2.26. The third kappa shape index (κ3) is 2.42. The number of nitrogens with two attached hydrogens (primary N) is 1. The Morgan fingerprint density at radius 2 is 1.94 bits per heavy atom. The lowest BCUT2D eigenvalue weighted by atomic mass is 10.0. The van der Waals surface area contributed by atoms with Gasteiger partial charge in [-0.25, -0.2) is 4.79 Å².